The van der Waals surface area contributed by atoms with Crippen molar-refractivity contribution in [2.75, 3.05) is 31.1 Å². The highest BCUT2D eigenvalue weighted by Gasteiger charge is 2.41. The van der Waals surface area contributed by atoms with Crippen LogP contribution in [-0.2, 0) is 11.6 Å². The van der Waals surface area contributed by atoms with E-state index in [0.29, 0.717) is 17.3 Å². The summed E-state index contributed by atoms with van der Waals surface area (Å²) in [5.74, 6) is 1.04. The number of alkyl halides is 3. The van der Waals surface area contributed by atoms with Crippen molar-refractivity contribution < 1.29 is 13.2 Å². The first-order chi connectivity index (χ1) is 15.3. The topological polar surface area (TPSA) is 6.48 Å². The summed E-state index contributed by atoms with van der Waals surface area (Å²) in [6.45, 7) is 10.4. The van der Waals surface area contributed by atoms with Crippen molar-refractivity contribution in [2.24, 2.45) is 11.8 Å². The fourth-order valence-corrected chi connectivity index (χ4v) is 5.93. The van der Waals surface area contributed by atoms with Crippen LogP contribution in [0.25, 0.3) is 5.70 Å². The van der Waals surface area contributed by atoms with E-state index in [-0.39, 0.29) is 0 Å². The first kappa shape index (κ1) is 21.4. The van der Waals surface area contributed by atoms with E-state index in [0.717, 1.165) is 37.6 Å². The van der Waals surface area contributed by atoms with Gasteiger partial charge in [0.25, 0.3) is 0 Å². The molecular weight excluding hydrogens is 409 g/mol. The molecule has 2 aromatic carbocycles. The Kier molecular flexibility index (Phi) is 5.26. The predicted molar refractivity (Wildman–Crippen MR) is 124 cm³/mol. The molecule has 3 aliphatic rings. The van der Waals surface area contributed by atoms with Gasteiger partial charge in [0, 0.05) is 49.4 Å². The number of likely N-dealkylation sites (tertiary alicyclic amines) is 1. The number of nitrogens with zero attached hydrogens (tertiary/aromatic N) is 2. The second-order valence-corrected chi connectivity index (χ2v) is 9.89. The normalized spacial score (nSPS) is 24.4. The minimum Gasteiger partial charge on any atom is -0.371 e. The van der Waals surface area contributed by atoms with Gasteiger partial charge < -0.3 is 9.80 Å². The van der Waals surface area contributed by atoms with Gasteiger partial charge in [0.2, 0.25) is 0 Å². The number of hydrogen-bond donors (Lipinski definition) is 0. The van der Waals surface area contributed by atoms with E-state index in [1.165, 1.54) is 48.9 Å². The number of fused-ring (bicyclic) bond motifs is 1. The molecule has 3 fully saturated rings. The van der Waals surface area contributed by atoms with E-state index in [9.17, 15) is 13.2 Å². The summed E-state index contributed by atoms with van der Waals surface area (Å²) in [6.07, 6.45) is 0.859. The standard InChI is InChI=1S/C27H31F3N2/c1-3-26(13-4-14-26)23-7-5-20(6-8-23)19(2)31-15-21-17-32(18-22(21)16-31)25-11-9-24(10-12-25)27(28,29)30/h5-12,21-22H,2-4,13-18H2,1H3. The van der Waals surface area contributed by atoms with Crippen LogP contribution in [0.3, 0.4) is 0 Å². The molecule has 2 saturated heterocycles. The third-order valence-corrected chi connectivity index (χ3v) is 8.25. The Balaban J connectivity index is 1.20. The molecule has 32 heavy (non-hydrogen) atoms. The van der Waals surface area contributed by atoms with Crippen LogP contribution in [0.2, 0.25) is 0 Å². The Hall–Kier alpha value is -2.43. The van der Waals surface area contributed by atoms with Gasteiger partial charge in [-0.1, -0.05) is 44.2 Å². The van der Waals surface area contributed by atoms with Crippen LogP contribution >= 0.6 is 0 Å². The van der Waals surface area contributed by atoms with Crippen molar-refractivity contribution in [3.63, 3.8) is 0 Å². The molecule has 0 spiro atoms. The molecule has 5 heteroatoms. The largest absolute Gasteiger partial charge is 0.416 e. The van der Waals surface area contributed by atoms with E-state index in [2.05, 4.69) is 47.6 Å². The van der Waals surface area contributed by atoms with Crippen LogP contribution in [0.5, 0.6) is 0 Å². The lowest BCUT2D eigenvalue weighted by Crippen LogP contribution is -2.33. The third kappa shape index (κ3) is 3.70. The summed E-state index contributed by atoms with van der Waals surface area (Å²) >= 11 is 0. The average molecular weight is 441 g/mol. The Labute approximate surface area is 188 Å². The first-order valence-electron chi connectivity index (χ1n) is 11.8. The third-order valence-electron chi connectivity index (χ3n) is 8.25. The lowest BCUT2D eigenvalue weighted by atomic mass is 9.63. The summed E-state index contributed by atoms with van der Waals surface area (Å²) < 4.78 is 38.5. The first-order valence-corrected chi connectivity index (χ1v) is 11.8. The Bertz CT molecular complexity index is 954. The molecule has 0 N–H and O–H groups in total. The highest BCUT2D eigenvalue weighted by molar-refractivity contribution is 5.63. The number of hydrogen-bond acceptors (Lipinski definition) is 2. The molecule has 0 amide bonds. The van der Waals surface area contributed by atoms with Crippen molar-refractivity contribution in [1.29, 1.82) is 0 Å². The van der Waals surface area contributed by atoms with Crippen LogP contribution < -0.4 is 4.90 Å². The monoisotopic (exact) mass is 440 g/mol. The summed E-state index contributed by atoms with van der Waals surface area (Å²) in [6, 6.07) is 14.6. The van der Waals surface area contributed by atoms with Crippen LogP contribution in [0, 0.1) is 11.8 Å². The van der Waals surface area contributed by atoms with Gasteiger partial charge in [0.15, 0.2) is 0 Å². The van der Waals surface area contributed by atoms with E-state index in [1.807, 2.05) is 0 Å². The highest BCUT2D eigenvalue weighted by atomic mass is 19.4. The second-order valence-electron chi connectivity index (χ2n) is 9.89. The maximum Gasteiger partial charge on any atom is 0.416 e. The fourth-order valence-electron chi connectivity index (χ4n) is 5.93. The molecular formula is C27H31F3N2. The zero-order valence-corrected chi connectivity index (χ0v) is 18.7. The molecule has 2 atom stereocenters. The molecule has 2 aromatic rings. The highest BCUT2D eigenvalue weighted by Crippen LogP contribution is 2.46. The fraction of sp³-hybridized carbons (Fsp3) is 0.481. The summed E-state index contributed by atoms with van der Waals surface area (Å²) in [5.41, 5.74) is 4.44. The van der Waals surface area contributed by atoms with Crippen molar-refractivity contribution in [3.8, 4) is 0 Å². The molecule has 2 unspecified atom stereocenters. The van der Waals surface area contributed by atoms with Gasteiger partial charge in [-0.2, -0.15) is 13.2 Å². The number of anilines is 1. The smallest absolute Gasteiger partial charge is 0.371 e. The van der Waals surface area contributed by atoms with Gasteiger partial charge in [0.05, 0.1) is 5.56 Å². The molecule has 5 rings (SSSR count). The summed E-state index contributed by atoms with van der Waals surface area (Å²) in [7, 11) is 0. The van der Waals surface area contributed by atoms with Crippen LogP contribution in [0.4, 0.5) is 18.9 Å². The van der Waals surface area contributed by atoms with Crippen LogP contribution in [0.1, 0.15) is 49.3 Å². The number of halogens is 3. The molecule has 0 aromatic heterocycles. The van der Waals surface area contributed by atoms with Gasteiger partial charge in [-0.3, -0.25) is 0 Å². The van der Waals surface area contributed by atoms with Gasteiger partial charge in [-0.05, 0) is 60.1 Å². The van der Waals surface area contributed by atoms with E-state index >= 15 is 0 Å². The second kappa shape index (κ2) is 7.86. The van der Waals surface area contributed by atoms with Crippen molar-refractivity contribution in [3.05, 3.63) is 71.8 Å². The maximum absolute atomic E-state index is 12.8. The quantitative estimate of drug-likeness (QED) is 0.518. The molecule has 1 aliphatic carbocycles. The van der Waals surface area contributed by atoms with Gasteiger partial charge in [-0.25, -0.2) is 0 Å². The SMILES string of the molecule is C=C(c1ccc(C2(CC)CCC2)cc1)N1CC2CN(c3ccc(C(F)(F)F)cc3)CC2C1. The average Bonchev–Trinajstić information content (AvgIpc) is 3.32. The van der Waals surface area contributed by atoms with Crippen LogP contribution in [-0.4, -0.2) is 31.1 Å². The Morgan fingerprint density at radius 3 is 2.00 bits per heavy atom. The van der Waals surface area contributed by atoms with Crippen molar-refractivity contribution in [2.45, 2.75) is 44.2 Å². The predicted octanol–water partition coefficient (Wildman–Crippen LogP) is 6.58. The lowest BCUT2D eigenvalue weighted by molar-refractivity contribution is -0.137. The Morgan fingerprint density at radius 2 is 1.53 bits per heavy atom. The van der Waals surface area contributed by atoms with E-state index < -0.39 is 11.7 Å². The zero-order valence-electron chi connectivity index (χ0n) is 18.7. The van der Waals surface area contributed by atoms with Gasteiger partial charge in [0.1, 0.15) is 0 Å². The molecule has 2 heterocycles. The zero-order chi connectivity index (χ0) is 22.5. The van der Waals surface area contributed by atoms with Crippen molar-refractivity contribution >= 4 is 11.4 Å². The van der Waals surface area contributed by atoms with E-state index in [1.54, 1.807) is 12.1 Å². The van der Waals surface area contributed by atoms with E-state index in [4.69, 9.17) is 0 Å². The number of benzene rings is 2. The van der Waals surface area contributed by atoms with Gasteiger partial charge in [-0.15, -0.1) is 0 Å². The molecule has 1 saturated carbocycles. The van der Waals surface area contributed by atoms with Crippen molar-refractivity contribution in [1.82, 2.24) is 4.90 Å². The number of rotatable bonds is 5. The van der Waals surface area contributed by atoms with Gasteiger partial charge >= 0.3 is 6.18 Å². The lowest BCUT2D eigenvalue weighted by Gasteiger charge is -2.42. The Morgan fingerprint density at radius 1 is 0.938 bits per heavy atom. The molecule has 0 bridgehead atoms. The molecule has 2 nitrogen and oxygen atoms in total. The summed E-state index contributed by atoms with van der Waals surface area (Å²) in [5, 5.41) is 0. The van der Waals surface area contributed by atoms with Crippen LogP contribution in [0.15, 0.2) is 55.1 Å². The summed E-state index contributed by atoms with van der Waals surface area (Å²) in [4.78, 5) is 4.63. The molecule has 0 radical (unpaired) electrons. The molecule has 2 aliphatic heterocycles. The maximum atomic E-state index is 12.8. The minimum absolute atomic E-state index is 0.395. The minimum atomic E-state index is -4.28. The molecule has 170 valence electrons.